The minimum Gasteiger partial charge on any atom is -0.343 e. The van der Waals surface area contributed by atoms with Crippen LogP contribution < -0.4 is 11.1 Å². The SMILES string of the molecule is Cc1nc(C(=O)NC(C)(CN)C2CC2)n[nH]1. The second kappa shape index (κ2) is 3.86. The number of hydrogen-bond donors (Lipinski definition) is 3. The van der Waals surface area contributed by atoms with E-state index in [4.69, 9.17) is 5.73 Å². The van der Waals surface area contributed by atoms with Crippen molar-refractivity contribution in [2.45, 2.75) is 32.2 Å². The van der Waals surface area contributed by atoms with Gasteiger partial charge in [0.2, 0.25) is 5.82 Å². The topological polar surface area (TPSA) is 96.7 Å². The molecule has 1 saturated carbocycles. The first-order valence-electron chi connectivity index (χ1n) is 5.47. The lowest BCUT2D eigenvalue weighted by Gasteiger charge is -2.28. The van der Waals surface area contributed by atoms with Crippen molar-refractivity contribution in [3.63, 3.8) is 0 Å². The minimum absolute atomic E-state index is 0.179. The maximum atomic E-state index is 11.9. The smallest absolute Gasteiger partial charge is 0.291 e. The molecule has 0 spiro atoms. The number of nitrogens with zero attached hydrogens (tertiary/aromatic N) is 2. The first-order chi connectivity index (χ1) is 7.55. The highest BCUT2D eigenvalue weighted by molar-refractivity contribution is 5.90. The molecule has 0 radical (unpaired) electrons. The summed E-state index contributed by atoms with van der Waals surface area (Å²) in [6, 6.07) is 0. The molecule has 1 aromatic rings. The second-order valence-electron chi connectivity index (χ2n) is 4.59. The van der Waals surface area contributed by atoms with Gasteiger partial charge in [-0.3, -0.25) is 9.89 Å². The predicted octanol–water partition coefficient (Wildman–Crippen LogP) is -0.0297. The predicted molar refractivity (Wildman–Crippen MR) is 58.8 cm³/mol. The number of aromatic nitrogens is 3. The molecule has 1 fully saturated rings. The standard InChI is InChI=1S/C10H17N5O/c1-6-12-8(15-14-6)9(16)13-10(2,5-11)7-3-4-7/h7H,3-5,11H2,1-2H3,(H,13,16)(H,12,14,15). The summed E-state index contributed by atoms with van der Waals surface area (Å²) in [5.74, 6) is 1.04. The highest BCUT2D eigenvalue weighted by Gasteiger charge is 2.42. The Hall–Kier alpha value is -1.43. The van der Waals surface area contributed by atoms with Crippen LogP contribution in [0.4, 0.5) is 0 Å². The Morgan fingerprint density at radius 2 is 2.38 bits per heavy atom. The highest BCUT2D eigenvalue weighted by Crippen LogP contribution is 2.38. The zero-order valence-electron chi connectivity index (χ0n) is 9.58. The summed E-state index contributed by atoms with van der Waals surface area (Å²) in [4.78, 5) is 15.8. The molecule has 1 heterocycles. The molecule has 88 valence electrons. The molecule has 1 amide bonds. The van der Waals surface area contributed by atoms with E-state index in [0.29, 0.717) is 18.3 Å². The van der Waals surface area contributed by atoms with Crippen molar-refractivity contribution in [2.75, 3.05) is 6.54 Å². The van der Waals surface area contributed by atoms with E-state index < -0.39 is 0 Å². The fourth-order valence-corrected chi connectivity index (χ4v) is 1.80. The van der Waals surface area contributed by atoms with Gasteiger partial charge in [-0.25, -0.2) is 4.98 Å². The van der Waals surface area contributed by atoms with Crippen LogP contribution in [0.1, 0.15) is 36.2 Å². The molecule has 1 aromatic heterocycles. The second-order valence-corrected chi connectivity index (χ2v) is 4.59. The fraction of sp³-hybridized carbons (Fsp3) is 0.700. The van der Waals surface area contributed by atoms with E-state index in [1.54, 1.807) is 6.92 Å². The highest BCUT2D eigenvalue weighted by atomic mass is 16.2. The number of carbonyl (C=O) groups is 1. The lowest BCUT2D eigenvalue weighted by molar-refractivity contribution is 0.0887. The average molecular weight is 223 g/mol. The molecule has 0 bridgehead atoms. The minimum atomic E-state index is -0.328. The van der Waals surface area contributed by atoms with Crippen LogP contribution in [0.2, 0.25) is 0 Å². The van der Waals surface area contributed by atoms with Gasteiger partial charge in [0.15, 0.2) is 0 Å². The summed E-state index contributed by atoms with van der Waals surface area (Å²) in [6.45, 7) is 4.17. The Morgan fingerprint density at radius 1 is 1.69 bits per heavy atom. The van der Waals surface area contributed by atoms with E-state index in [2.05, 4.69) is 20.5 Å². The molecule has 0 saturated heterocycles. The Labute approximate surface area is 94.0 Å². The summed E-state index contributed by atoms with van der Waals surface area (Å²) in [5, 5.41) is 9.40. The fourth-order valence-electron chi connectivity index (χ4n) is 1.80. The van der Waals surface area contributed by atoms with Gasteiger partial charge in [-0.2, -0.15) is 0 Å². The first-order valence-corrected chi connectivity index (χ1v) is 5.47. The number of amides is 1. The van der Waals surface area contributed by atoms with Crippen molar-refractivity contribution in [1.29, 1.82) is 0 Å². The number of aromatic amines is 1. The summed E-state index contributed by atoms with van der Waals surface area (Å²) in [7, 11) is 0. The number of carbonyl (C=O) groups excluding carboxylic acids is 1. The molecule has 16 heavy (non-hydrogen) atoms. The number of rotatable bonds is 4. The molecule has 4 N–H and O–H groups in total. The quantitative estimate of drug-likeness (QED) is 0.667. The van der Waals surface area contributed by atoms with Gasteiger partial charge in [0.25, 0.3) is 5.91 Å². The first kappa shape index (κ1) is 11.1. The van der Waals surface area contributed by atoms with Crippen LogP contribution in [-0.4, -0.2) is 33.2 Å². The van der Waals surface area contributed by atoms with Crippen molar-refractivity contribution in [3.05, 3.63) is 11.6 Å². The van der Waals surface area contributed by atoms with E-state index in [-0.39, 0.29) is 17.3 Å². The molecular weight excluding hydrogens is 206 g/mol. The van der Waals surface area contributed by atoms with Gasteiger partial charge in [-0.1, -0.05) is 0 Å². The van der Waals surface area contributed by atoms with Crippen molar-refractivity contribution >= 4 is 5.91 Å². The van der Waals surface area contributed by atoms with Crippen LogP contribution in [0, 0.1) is 12.8 Å². The molecule has 0 aromatic carbocycles. The molecule has 6 nitrogen and oxygen atoms in total. The van der Waals surface area contributed by atoms with Gasteiger partial charge in [0.05, 0.1) is 5.54 Å². The Kier molecular flexibility index (Phi) is 2.67. The van der Waals surface area contributed by atoms with E-state index in [0.717, 1.165) is 12.8 Å². The average Bonchev–Trinajstić information content (AvgIpc) is 3.02. The summed E-state index contributed by atoms with van der Waals surface area (Å²) >= 11 is 0. The lowest BCUT2D eigenvalue weighted by atomic mass is 9.96. The van der Waals surface area contributed by atoms with Crippen LogP contribution in [0.25, 0.3) is 0 Å². The van der Waals surface area contributed by atoms with Crippen LogP contribution >= 0.6 is 0 Å². The molecular formula is C10H17N5O. The lowest BCUT2D eigenvalue weighted by Crippen LogP contribution is -2.53. The van der Waals surface area contributed by atoms with Crippen molar-refractivity contribution in [1.82, 2.24) is 20.5 Å². The van der Waals surface area contributed by atoms with Gasteiger partial charge >= 0.3 is 0 Å². The van der Waals surface area contributed by atoms with Crippen LogP contribution in [0.15, 0.2) is 0 Å². The number of aryl methyl sites for hydroxylation is 1. The normalized spacial score (nSPS) is 19.2. The summed E-state index contributed by atoms with van der Waals surface area (Å²) in [5.41, 5.74) is 5.39. The van der Waals surface area contributed by atoms with Crippen LogP contribution in [0.5, 0.6) is 0 Å². The van der Waals surface area contributed by atoms with Gasteiger partial charge in [0, 0.05) is 6.54 Å². The molecule has 1 atom stereocenters. The maximum Gasteiger partial charge on any atom is 0.291 e. The van der Waals surface area contributed by atoms with Crippen LogP contribution in [0.3, 0.4) is 0 Å². The number of hydrogen-bond acceptors (Lipinski definition) is 4. The molecule has 0 aliphatic heterocycles. The van der Waals surface area contributed by atoms with E-state index in [1.807, 2.05) is 6.92 Å². The number of nitrogens with two attached hydrogens (primary N) is 1. The summed E-state index contributed by atoms with van der Waals surface area (Å²) < 4.78 is 0. The molecule has 2 rings (SSSR count). The number of nitrogens with one attached hydrogen (secondary N) is 2. The third-order valence-corrected chi connectivity index (χ3v) is 3.10. The molecule has 1 aliphatic rings. The maximum absolute atomic E-state index is 11.9. The monoisotopic (exact) mass is 223 g/mol. The van der Waals surface area contributed by atoms with E-state index in [9.17, 15) is 4.79 Å². The Bertz CT molecular complexity index is 398. The van der Waals surface area contributed by atoms with Gasteiger partial charge in [-0.15, -0.1) is 5.10 Å². The Balaban J connectivity index is 2.06. The zero-order chi connectivity index (χ0) is 11.8. The largest absolute Gasteiger partial charge is 0.343 e. The molecule has 1 aliphatic carbocycles. The van der Waals surface area contributed by atoms with Gasteiger partial charge < -0.3 is 11.1 Å². The van der Waals surface area contributed by atoms with Crippen molar-refractivity contribution < 1.29 is 4.79 Å². The summed E-state index contributed by atoms with van der Waals surface area (Å²) in [6.07, 6.45) is 2.25. The van der Waals surface area contributed by atoms with Gasteiger partial charge in [-0.05, 0) is 32.6 Å². The molecule has 6 heteroatoms. The third-order valence-electron chi connectivity index (χ3n) is 3.10. The Morgan fingerprint density at radius 3 is 2.81 bits per heavy atom. The van der Waals surface area contributed by atoms with E-state index in [1.165, 1.54) is 0 Å². The van der Waals surface area contributed by atoms with Crippen molar-refractivity contribution in [3.8, 4) is 0 Å². The third kappa shape index (κ3) is 2.06. The zero-order valence-corrected chi connectivity index (χ0v) is 9.58. The number of H-pyrrole nitrogens is 1. The van der Waals surface area contributed by atoms with Crippen molar-refractivity contribution in [2.24, 2.45) is 11.7 Å². The van der Waals surface area contributed by atoms with Crippen LogP contribution in [-0.2, 0) is 0 Å². The van der Waals surface area contributed by atoms with E-state index >= 15 is 0 Å². The molecule has 1 unspecified atom stereocenters. The van der Waals surface area contributed by atoms with Gasteiger partial charge in [0.1, 0.15) is 5.82 Å².